The van der Waals surface area contributed by atoms with Crippen molar-refractivity contribution in [2.75, 3.05) is 19.6 Å². The van der Waals surface area contributed by atoms with Crippen molar-refractivity contribution in [3.8, 4) is 0 Å². The predicted octanol–water partition coefficient (Wildman–Crippen LogP) is 0.125. The number of sulfonamides is 1. The largest absolute Gasteiger partial charge is 0.352 e. The highest BCUT2D eigenvalue weighted by molar-refractivity contribution is 7.91. The summed E-state index contributed by atoms with van der Waals surface area (Å²) in [5.74, 6) is 0.361. The molecule has 8 heteroatoms. The van der Waals surface area contributed by atoms with Crippen molar-refractivity contribution in [2.45, 2.75) is 17.1 Å². The SMILES string of the molecule is NS(=O)(=O)c1cc(C(=O)NCCC2CCNC2)cs1. The van der Waals surface area contributed by atoms with Gasteiger partial charge in [0.1, 0.15) is 4.21 Å². The van der Waals surface area contributed by atoms with Gasteiger partial charge in [0.05, 0.1) is 5.56 Å². The maximum atomic E-state index is 11.8. The fourth-order valence-electron chi connectivity index (χ4n) is 2.04. The molecule has 4 N–H and O–H groups in total. The molecule has 1 fully saturated rings. The summed E-state index contributed by atoms with van der Waals surface area (Å²) in [7, 11) is -3.72. The fraction of sp³-hybridized carbons (Fsp3) is 0.545. The van der Waals surface area contributed by atoms with Gasteiger partial charge >= 0.3 is 0 Å². The van der Waals surface area contributed by atoms with Crippen molar-refractivity contribution in [1.82, 2.24) is 10.6 Å². The van der Waals surface area contributed by atoms with Crippen LogP contribution in [0.5, 0.6) is 0 Å². The Kier molecular flexibility index (Phi) is 4.56. The summed E-state index contributed by atoms with van der Waals surface area (Å²) in [6, 6.07) is 1.31. The van der Waals surface area contributed by atoms with Gasteiger partial charge in [0, 0.05) is 11.9 Å². The number of primary sulfonamides is 1. The molecule has 1 aliphatic rings. The molecule has 0 spiro atoms. The number of thiophene rings is 1. The van der Waals surface area contributed by atoms with Gasteiger partial charge in [-0.1, -0.05) is 0 Å². The lowest BCUT2D eigenvalue weighted by atomic mass is 10.1. The number of nitrogens with two attached hydrogens (primary N) is 1. The molecular formula is C11H17N3O3S2. The second-order valence-corrected chi connectivity index (χ2v) is 7.30. The lowest BCUT2D eigenvalue weighted by Crippen LogP contribution is -2.26. The maximum absolute atomic E-state index is 11.8. The summed E-state index contributed by atoms with van der Waals surface area (Å²) in [5, 5.41) is 12.6. The number of amides is 1. The van der Waals surface area contributed by atoms with Crippen LogP contribution in [0.25, 0.3) is 0 Å². The van der Waals surface area contributed by atoms with Crippen LogP contribution in [-0.2, 0) is 10.0 Å². The third-order valence-corrected chi connectivity index (χ3v) is 5.50. The molecule has 6 nitrogen and oxygen atoms in total. The van der Waals surface area contributed by atoms with E-state index in [0.29, 0.717) is 18.0 Å². The van der Waals surface area contributed by atoms with Gasteiger partial charge < -0.3 is 10.6 Å². The maximum Gasteiger partial charge on any atom is 0.252 e. The van der Waals surface area contributed by atoms with Gasteiger partial charge in [-0.2, -0.15) is 0 Å². The van der Waals surface area contributed by atoms with E-state index in [1.807, 2.05) is 0 Å². The Labute approximate surface area is 116 Å². The summed E-state index contributed by atoms with van der Waals surface area (Å²) >= 11 is 0.960. The van der Waals surface area contributed by atoms with E-state index in [-0.39, 0.29) is 10.1 Å². The molecule has 106 valence electrons. The zero-order chi connectivity index (χ0) is 13.9. The van der Waals surface area contributed by atoms with Crippen molar-refractivity contribution in [1.29, 1.82) is 0 Å². The Hall–Kier alpha value is -0.960. The molecule has 2 heterocycles. The molecular weight excluding hydrogens is 286 g/mol. The van der Waals surface area contributed by atoms with E-state index in [4.69, 9.17) is 5.14 Å². The van der Waals surface area contributed by atoms with Gasteiger partial charge in [-0.25, -0.2) is 13.6 Å². The van der Waals surface area contributed by atoms with Gasteiger partial charge in [0.25, 0.3) is 5.91 Å². The minimum atomic E-state index is -3.72. The van der Waals surface area contributed by atoms with Crippen LogP contribution in [-0.4, -0.2) is 34.0 Å². The van der Waals surface area contributed by atoms with Crippen LogP contribution in [0.4, 0.5) is 0 Å². The summed E-state index contributed by atoms with van der Waals surface area (Å²) in [6.45, 7) is 2.65. The summed E-state index contributed by atoms with van der Waals surface area (Å²) < 4.78 is 22.2. The number of carbonyl (C=O) groups is 1. The van der Waals surface area contributed by atoms with Gasteiger partial charge in [-0.05, 0) is 37.9 Å². The Morgan fingerprint density at radius 1 is 1.58 bits per heavy atom. The average molecular weight is 303 g/mol. The number of nitrogens with one attached hydrogen (secondary N) is 2. The summed E-state index contributed by atoms with van der Waals surface area (Å²) in [6.07, 6.45) is 2.08. The first-order chi connectivity index (χ1) is 8.97. The van der Waals surface area contributed by atoms with Crippen molar-refractivity contribution in [3.05, 3.63) is 17.0 Å². The average Bonchev–Trinajstić information content (AvgIpc) is 2.99. The topological polar surface area (TPSA) is 101 Å². The molecule has 19 heavy (non-hydrogen) atoms. The third-order valence-electron chi connectivity index (χ3n) is 3.12. The van der Waals surface area contributed by atoms with Crippen molar-refractivity contribution in [2.24, 2.45) is 11.1 Å². The first-order valence-corrected chi connectivity index (χ1v) is 8.49. The molecule has 1 unspecified atom stereocenters. The third kappa shape index (κ3) is 4.00. The highest BCUT2D eigenvalue weighted by Gasteiger charge is 2.17. The van der Waals surface area contributed by atoms with Crippen LogP contribution in [0.2, 0.25) is 0 Å². The van der Waals surface area contributed by atoms with Crippen molar-refractivity contribution < 1.29 is 13.2 Å². The van der Waals surface area contributed by atoms with Crippen LogP contribution in [0, 0.1) is 5.92 Å². The highest BCUT2D eigenvalue weighted by atomic mass is 32.2. The quantitative estimate of drug-likeness (QED) is 0.719. The normalized spacial score (nSPS) is 19.5. The minimum absolute atomic E-state index is 0.0117. The molecule has 1 amide bonds. The molecule has 0 aliphatic carbocycles. The van der Waals surface area contributed by atoms with Crippen LogP contribution >= 0.6 is 11.3 Å². The smallest absolute Gasteiger partial charge is 0.252 e. The molecule has 2 rings (SSSR count). The van der Waals surface area contributed by atoms with Crippen molar-refractivity contribution >= 4 is 27.3 Å². The fourth-order valence-corrected chi connectivity index (χ4v) is 3.62. The number of hydrogen-bond acceptors (Lipinski definition) is 5. The van der Waals surface area contributed by atoms with Crippen LogP contribution < -0.4 is 15.8 Å². The molecule has 1 aromatic rings. The number of carbonyl (C=O) groups excluding carboxylic acids is 1. The highest BCUT2D eigenvalue weighted by Crippen LogP contribution is 2.18. The van der Waals surface area contributed by atoms with E-state index in [9.17, 15) is 13.2 Å². The summed E-state index contributed by atoms with van der Waals surface area (Å²) in [5.41, 5.74) is 0.346. The Balaban J connectivity index is 1.84. The van der Waals surface area contributed by atoms with Crippen LogP contribution in [0.15, 0.2) is 15.7 Å². The first-order valence-electron chi connectivity index (χ1n) is 6.07. The molecule has 1 atom stereocenters. The van der Waals surface area contributed by atoms with E-state index in [1.165, 1.54) is 11.4 Å². The lowest BCUT2D eigenvalue weighted by molar-refractivity contribution is 0.0952. The lowest BCUT2D eigenvalue weighted by Gasteiger charge is -2.08. The van der Waals surface area contributed by atoms with Crippen molar-refractivity contribution in [3.63, 3.8) is 0 Å². The molecule has 0 aromatic carbocycles. The second kappa shape index (κ2) is 6.00. The minimum Gasteiger partial charge on any atom is -0.352 e. The van der Waals surface area contributed by atoms with Gasteiger partial charge in [0.2, 0.25) is 10.0 Å². The second-order valence-electron chi connectivity index (χ2n) is 4.60. The van der Waals surface area contributed by atoms with Gasteiger partial charge in [-0.3, -0.25) is 4.79 Å². The molecule has 0 radical (unpaired) electrons. The van der Waals surface area contributed by atoms with E-state index in [1.54, 1.807) is 0 Å². The number of rotatable bonds is 5. The van der Waals surface area contributed by atoms with Crippen LogP contribution in [0.1, 0.15) is 23.2 Å². The molecule has 0 saturated carbocycles. The summed E-state index contributed by atoms with van der Waals surface area (Å²) in [4.78, 5) is 11.8. The van der Waals surface area contributed by atoms with E-state index in [2.05, 4.69) is 10.6 Å². The monoisotopic (exact) mass is 303 g/mol. The Morgan fingerprint density at radius 3 is 2.95 bits per heavy atom. The van der Waals surface area contributed by atoms with Crippen LogP contribution in [0.3, 0.4) is 0 Å². The standard InChI is InChI=1S/C11H17N3O3S2/c12-19(16,17)10-5-9(7-18-10)11(15)14-4-2-8-1-3-13-6-8/h5,7-8,13H,1-4,6H2,(H,14,15)(H2,12,16,17). The zero-order valence-electron chi connectivity index (χ0n) is 10.4. The predicted molar refractivity (Wildman–Crippen MR) is 73.6 cm³/mol. The van der Waals surface area contributed by atoms with Gasteiger partial charge in [0.15, 0.2) is 0 Å². The molecule has 0 bridgehead atoms. The molecule has 1 aliphatic heterocycles. The Bertz CT molecular complexity index is 547. The Morgan fingerprint density at radius 2 is 2.37 bits per heavy atom. The van der Waals surface area contributed by atoms with E-state index < -0.39 is 10.0 Å². The van der Waals surface area contributed by atoms with E-state index in [0.717, 1.165) is 37.3 Å². The molecule has 1 saturated heterocycles. The first kappa shape index (κ1) is 14.4. The van der Waals surface area contributed by atoms with Gasteiger partial charge in [-0.15, -0.1) is 11.3 Å². The van der Waals surface area contributed by atoms with E-state index >= 15 is 0 Å². The number of hydrogen-bond donors (Lipinski definition) is 3. The zero-order valence-corrected chi connectivity index (χ0v) is 12.0. The molecule has 1 aromatic heterocycles.